The lowest BCUT2D eigenvalue weighted by molar-refractivity contribution is -0.119. The van der Waals surface area contributed by atoms with Crippen LogP contribution in [-0.2, 0) is 21.4 Å². The summed E-state index contributed by atoms with van der Waals surface area (Å²) in [6.45, 7) is 1.50. The lowest BCUT2D eigenvalue weighted by Crippen LogP contribution is -2.40. The summed E-state index contributed by atoms with van der Waals surface area (Å²) in [5.41, 5.74) is 1.48. The van der Waals surface area contributed by atoms with Gasteiger partial charge in [0.2, 0.25) is 15.9 Å². The number of rotatable bonds is 6. The Balaban J connectivity index is 2.15. The highest BCUT2D eigenvalue weighted by Gasteiger charge is 2.23. The van der Waals surface area contributed by atoms with Crippen LogP contribution in [0.3, 0.4) is 0 Å². The maximum atomic E-state index is 13.9. The normalized spacial score (nSPS) is 11.2. The van der Waals surface area contributed by atoms with Crippen LogP contribution in [0.5, 0.6) is 0 Å². The average Bonchev–Trinajstić information content (AvgIpc) is 2.51. The predicted octanol–water partition coefficient (Wildman–Crippen LogP) is 2.36. The van der Waals surface area contributed by atoms with Gasteiger partial charge in [0, 0.05) is 12.6 Å². The van der Waals surface area contributed by atoms with Crippen molar-refractivity contribution >= 4 is 21.6 Å². The van der Waals surface area contributed by atoms with E-state index in [4.69, 9.17) is 0 Å². The molecule has 8 heteroatoms. The number of benzene rings is 2. The van der Waals surface area contributed by atoms with Crippen LogP contribution in [0.2, 0.25) is 0 Å². The molecule has 0 aliphatic heterocycles. The molecule has 2 aromatic carbocycles. The van der Waals surface area contributed by atoms with Crippen molar-refractivity contribution in [2.75, 3.05) is 17.1 Å². The number of hydrogen-bond donors (Lipinski definition) is 1. The first-order valence-corrected chi connectivity index (χ1v) is 9.27. The third-order valence-electron chi connectivity index (χ3n) is 3.60. The van der Waals surface area contributed by atoms with Gasteiger partial charge < -0.3 is 5.32 Å². The second kappa shape index (κ2) is 7.60. The van der Waals surface area contributed by atoms with Crippen LogP contribution in [0.4, 0.5) is 14.5 Å². The van der Waals surface area contributed by atoms with E-state index in [9.17, 15) is 22.0 Å². The van der Waals surface area contributed by atoms with E-state index in [0.29, 0.717) is 10.4 Å². The van der Waals surface area contributed by atoms with E-state index in [1.165, 1.54) is 0 Å². The number of aryl methyl sites for hydroxylation is 1. The molecule has 0 saturated carbocycles. The zero-order valence-electron chi connectivity index (χ0n) is 13.8. The number of anilines is 1. The third-order valence-corrected chi connectivity index (χ3v) is 4.73. The van der Waals surface area contributed by atoms with Gasteiger partial charge in [0.15, 0.2) is 0 Å². The Labute approximate surface area is 145 Å². The van der Waals surface area contributed by atoms with Crippen molar-refractivity contribution in [2.45, 2.75) is 13.5 Å². The molecule has 0 atom stereocenters. The molecule has 0 spiro atoms. The van der Waals surface area contributed by atoms with Crippen LogP contribution in [0, 0.1) is 18.6 Å². The number of amides is 1. The molecule has 0 radical (unpaired) electrons. The van der Waals surface area contributed by atoms with E-state index in [1.54, 1.807) is 0 Å². The molecule has 1 amide bonds. The van der Waals surface area contributed by atoms with Gasteiger partial charge in [0.1, 0.15) is 18.2 Å². The maximum absolute atomic E-state index is 13.9. The van der Waals surface area contributed by atoms with E-state index in [1.807, 2.05) is 31.2 Å². The second-order valence-electron chi connectivity index (χ2n) is 5.57. The van der Waals surface area contributed by atoms with Gasteiger partial charge in [-0.2, -0.15) is 0 Å². The Kier molecular flexibility index (Phi) is 5.73. The van der Waals surface area contributed by atoms with Gasteiger partial charge in [-0.3, -0.25) is 9.10 Å². The lowest BCUT2D eigenvalue weighted by Gasteiger charge is -2.22. The zero-order chi connectivity index (χ0) is 18.6. The summed E-state index contributed by atoms with van der Waals surface area (Å²) >= 11 is 0. The Morgan fingerprint density at radius 1 is 1.16 bits per heavy atom. The predicted molar refractivity (Wildman–Crippen MR) is 91.6 cm³/mol. The van der Waals surface area contributed by atoms with Gasteiger partial charge in [-0.25, -0.2) is 17.2 Å². The fourth-order valence-corrected chi connectivity index (χ4v) is 3.11. The molecule has 2 rings (SSSR count). The van der Waals surface area contributed by atoms with Crippen molar-refractivity contribution in [3.05, 3.63) is 65.2 Å². The smallest absolute Gasteiger partial charge is 0.241 e. The summed E-state index contributed by atoms with van der Waals surface area (Å²) in [6, 6.07) is 9.90. The monoisotopic (exact) mass is 368 g/mol. The van der Waals surface area contributed by atoms with Crippen LogP contribution in [-0.4, -0.2) is 27.1 Å². The van der Waals surface area contributed by atoms with Crippen LogP contribution in [0.25, 0.3) is 0 Å². The molecule has 0 aliphatic rings. The number of carbonyl (C=O) groups is 1. The first kappa shape index (κ1) is 18.9. The van der Waals surface area contributed by atoms with Gasteiger partial charge in [-0.1, -0.05) is 24.3 Å². The summed E-state index contributed by atoms with van der Waals surface area (Å²) < 4.78 is 51.4. The van der Waals surface area contributed by atoms with Crippen molar-refractivity contribution in [1.82, 2.24) is 5.32 Å². The molecule has 134 valence electrons. The van der Waals surface area contributed by atoms with E-state index in [-0.39, 0.29) is 12.2 Å². The van der Waals surface area contributed by atoms with Gasteiger partial charge in [-0.05, 0) is 30.2 Å². The molecular weight excluding hydrogens is 350 g/mol. The van der Waals surface area contributed by atoms with Gasteiger partial charge in [0.25, 0.3) is 0 Å². The summed E-state index contributed by atoms with van der Waals surface area (Å²) in [6.07, 6.45) is 0.852. The van der Waals surface area contributed by atoms with Crippen LogP contribution in [0.1, 0.15) is 11.1 Å². The first-order valence-electron chi connectivity index (χ1n) is 7.42. The number of carbonyl (C=O) groups excluding carboxylic acids is 1. The standard InChI is InChI=1S/C17H18F2N2O3S/c1-12-5-3-4-6-13(12)10-20-17(22)11-21(25(2,23)24)16-8-7-14(18)9-15(16)19/h3-9H,10-11H2,1-2H3,(H,20,22). The summed E-state index contributed by atoms with van der Waals surface area (Å²) in [5.74, 6) is -2.49. The first-order chi connectivity index (χ1) is 11.7. The maximum Gasteiger partial charge on any atom is 0.241 e. The molecule has 1 N–H and O–H groups in total. The van der Waals surface area contributed by atoms with Crippen molar-refractivity contribution in [3.8, 4) is 0 Å². The minimum absolute atomic E-state index is 0.217. The van der Waals surface area contributed by atoms with Crippen molar-refractivity contribution in [1.29, 1.82) is 0 Å². The topological polar surface area (TPSA) is 66.5 Å². The van der Waals surface area contributed by atoms with Gasteiger partial charge >= 0.3 is 0 Å². The molecular formula is C17H18F2N2O3S. The number of hydrogen-bond acceptors (Lipinski definition) is 3. The number of nitrogens with one attached hydrogen (secondary N) is 1. The van der Waals surface area contributed by atoms with E-state index in [2.05, 4.69) is 5.32 Å². The SMILES string of the molecule is Cc1ccccc1CNC(=O)CN(c1ccc(F)cc1F)S(C)(=O)=O. The summed E-state index contributed by atoms with van der Waals surface area (Å²) in [4.78, 5) is 12.1. The van der Waals surface area contributed by atoms with Crippen LogP contribution < -0.4 is 9.62 Å². The Hall–Kier alpha value is -2.48. The molecule has 0 unspecified atom stereocenters. The minimum atomic E-state index is -3.93. The zero-order valence-corrected chi connectivity index (χ0v) is 14.6. The Bertz CT molecular complexity index is 885. The average molecular weight is 368 g/mol. The third kappa shape index (κ3) is 4.99. The fourth-order valence-electron chi connectivity index (χ4n) is 2.25. The molecule has 0 aromatic heterocycles. The van der Waals surface area contributed by atoms with Gasteiger partial charge in [0.05, 0.1) is 11.9 Å². The van der Waals surface area contributed by atoms with E-state index < -0.39 is 34.1 Å². The molecule has 0 aliphatic carbocycles. The lowest BCUT2D eigenvalue weighted by atomic mass is 10.1. The highest BCUT2D eigenvalue weighted by Crippen LogP contribution is 2.22. The molecule has 0 heterocycles. The highest BCUT2D eigenvalue weighted by atomic mass is 32.2. The Morgan fingerprint density at radius 3 is 2.44 bits per heavy atom. The van der Waals surface area contributed by atoms with Crippen LogP contribution >= 0.6 is 0 Å². The summed E-state index contributed by atoms with van der Waals surface area (Å²) in [5, 5.41) is 2.60. The number of halogens is 2. The molecule has 5 nitrogen and oxygen atoms in total. The van der Waals surface area contributed by atoms with Crippen LogP contribution in [0.15, 0.2) is 42.5 Å². The van der Waals surface area contributed by atoms with E-state index in [0.717, 1.165) is 29.5 Å². The van der Waals surface area contributed by atoms with Crippen molar-refractivity contribution in [2.24, 2.45) is 0 Å². The molecule has 2 aromatic rings. The highest BCUT2D eigenvalue weighted by molar-refractivity contribution is 7.92. The molecule has 0 saturated heterocycles. The van der Waals surface area contributed by atoms with E-state index >= 15 is 0 Å². The molecule has 0 bridgehead atoms. The van der Waals surface area contributed by atoms with Gasteiger partial charge in [-0.15, -0.1) is 0 Å². The molecule has 0 fully saturated rings. The number of sulfonamides is 1. The largest absolute Gasteiger partial charge is 0.350 e. The number of nitrogens with zero attached hydrogens (tertiary/aromatic N) is 1. The van der Waals surface area contributed by atoms with Crippen molar-refractivity contribution < 1.29 is 22.0 Å². The second-order valence-corrected chi connectivity index (χ2v) is 7.48. The quantitative estimate of drug-likeness (QED) is 0.851. The minimum Gasteiger partial charge on any atom is -0.350 e. The molecule has 25 heavy (non-hydrogen) atoms. The Morgan fingerprint density at radius 2 is 1.84 bits per heavy atom. The summed E-state index contributed by atoms with van der Waals surface area (Å²) in [7, 11) is -3.93. The van der Waals surface area contributed by atoms with Crippen molar-refractivity contribution in [3.63, 3.8) is 0 Å². The fraction of sp³-hybridized carbons (Fsp3) is 0.235.